The summed E-state index contributed by atoms with van der Waals surface area (Å²) in [5, 5.41) is 0. The second kappa shape index (κ2) is 7.21. The highest BCUT2D eigenvalue weighted by molar-refractivity contribution is 5.89. The number of aromatic nitrogens is 2. The van der Waals surface area contributed by atoms with Crippen LogP contribution in [0.15, 0.2) is 77.4 Å². The average Bonchev–Trinajstić information content (AvgIpc) is 3.11. The topological polar surface area (TPSA) is 65.2 Å². The number of nitrogens with zero attached hydrogens (tertiary/aromatic N) is 2. The maximum atomic E-state index is 13.1. The van der Waals surface area contributed by atoms with E-state index in [1.807, 2.05) is 6.07 Å². The lowest BCUT2D eigenvalue weighted by Crippen LogP contribution is -2.03. The monoisotopic (exact) mass is 360 g/mol. The van der Waals surface area contributed by atoms with Crippen LogP contribution in [0.1, 0.15) is 5.56 Å². The van der Waals surface area contributed by atoms with E-state index in [0.717, 1.165) is 0 Å². The zero-order valence-corrected chi connectivity index (χ0v) is 14.0. The van der Waals surface area contributed by atoms with Crippen LogP contribution in [0.3, 0.4) is 0 Å². The second-order valence-electron chi connectivity index (χ2n) is 5.67. The van der Waals surface area contributed by atoms with E-state index >= 15 is 0 Å². The molecule has 0 saturated heterocycles. The quantitative estimate of drug-likeness (QED) is 0.301. The molecular weight excluding hydrogens is 347 g/mol. The van der Waals surface area contributed by atoms with Crippen molar-refractivity contribution < 1.29 is 18.3 Å². The number of rotatable bonds is 4. The fourth-order valence-electron chi connectivity index (χ4n) is 2.49. The van der Waals surface area contributed by atoms with E-state index in [9.17, 15) is 9.18 Å². The van der Waals surface area contributed by atoms with Gasteiger partial charge in [-0.2, -0.15) is 0 Å². The van der Waals surface area contributed by atoms with Crippen molar-refractivity contribution in [2.45, 2.75) is 0 Å². The molecule has 0 unspecified atom stereocenters. The van der Waals surface area contributed by atoms with Crippen LogP contribution in [0.25, 0.3) is 28.8 Å². The van der Waals surface area contributed by atoms with Gasteiger partial charge in [0.1, 0.15) is 22.8 Å². The summed E-state index contributed by atoms with van der Waals surface area (Å²) in [5.41, 5.74) is 2.30. The number of carbonyl (C=O) groups excluding carboxylic acids is 1. The zero-order chi connectivity index (χ0) is 18.6. The van der Waals surface area contributed by atoms with Crippen LogP contribution >= 0.6 is 0 Å². The van der Waals surface area contributed by atoms with Crippen molar-refractivity contribution in [3.05, 3.63) is 84.3 Å². The summed E-state index contributed by atoms with van der Waals surface area (Å²) in [6.45, 7) is 0. The standard InChI is InChI=1S/C21H13FN2O3/c22-15-5-3-4-14(12-15)7-10-20(25)26-16-8-9-17-19(13-16)27-21(24-17)18-6-1-2-11-23-18/h1-13H/b10-7+. The molecule has 0 atom stereocenters. The van der Waals surface area contributed by atoms with Gasteiger partial charge in [0.25, 0.3) is 0 Å². The Morgan fingerprint density at radius 2 is 2.00 bits per heavy atom. The smallest absolute Gasteiger partial charge is 0.336 e. The Balaban J connectivity index is 1.51. The third kappa shape index (κ3) is 3.90. The Morgan fingerprint density at radius 3 is 2.81 bits per heavy atom. The molecule has 132 valence electrons. The minimum Gasteiger partial charge on any atom is -0.435 e. The van der Waals surface area contributed by atoms with Crippen LogP contribution in [-0.4, -0.2) is 15.9 Å². The third-order valence-corrected chi connectivity index (χ3v) is 3.72. The molecule has 5 nitrogen and oxygen atoms in total. The maximum Gasteiger partial charge on any atom is 0.336 e. The molecule has 0 fully saturated rings. The molecule has 2 aromatic heterocycles. The Bertz CT molecular complexity index is 1140. The first-order valence-corrected chi connectivity index (χ1v) is 8.15. The van der Waals surface area contributed by atoms with Gasteiger partial charge >= 0.3 is 5.97 Å². The zero-order valence-electron chi connectivity index (χ0n) is 14.0. The summed E-state index contributed by atoms with van der Waals surface area (Å²) in [6, 6.07) is 16.3. The van der Waals surface area contributed by atoms with Crippen LogP contribution in [0.5, 0.6) is 5.75 Å². The number of hydrogen-bond acceptors (Lipinski definition) is 5. The highest BCUT2D eigenvalue weighted by Crippen LogP contribution is 2.26. The van der Waals surface area contributed by atoms with Gasteiger partial charge in [-0.1, -0.05) is 18.2 Å². The van der Waals surface area contributed by atoms with Gasteiger partial charge in [0.15, 0.2) is 5.58 Å². The molecule has 0 saturated carbocycles. The molecule has 0 spiro atoms. The SMILES string of the molecule is O=C(/C=C/c1cccc(F)c1)Oc1ccc2nc(-c3ccccn3)oc2c1. The van der Waals surface area contributed by atoms with E-state index in [2.05, 4.69) is 9.97 Å². The number of oxazole rings is 1. The van der Waals surface area contributed by atoms with Gasteiger partial charge in [0, 0.05) is 18.3 Å². The summed E-state index contributed by atoms with van der Waals surface area (Å²) in [4.78, 5) is 20.5. The van der Waals surface area contributed by atoms with E-state index in [1.165, 1.54) is 24.3 Å². The molecular formula is C21H13FN2O3. The van der Waals surface area contributed by atoms with Gasteiger partial charge in [0.2, 0.25) is 5.89 Å². The molecule has 0 N–H and O–H groups in total. The van der Waals surface area contributed by atoms with Crippen LogP contribution in [-0.2, 0) is 4.79 Å². The Morgan fingerprint density at radius 1 is 1.07 bits per heavy atom. The summed E-state index contributed by atoms with van der Waals surface area (Å²) >= 11 is 0. The number of halogens is 1. The van der Waals surface area contributed by atoms with Crippen molar-refractivity contribution in [3.8, 4) is 17.3 Å². The summed E-state index contributed by atoms with van der Waals surface area (Å²) < 4.78 is 24.1. The van der Waals surface area contributed by atoms with Crippen LogP contribution in [0, 0.1) is 5.82 Å². The second-order valence-corrected chi connectivity index (χ2v) is 5.67. The van der Waals surface area contributed by atoms with Crippen molar-refractivity contribution in [1.29, 1.82) is 0 Å². The molecule has 27 heavy (non-hydrogen) atoms. The van der Waals surface area contributed by atoms with Crippen LogP contribution in [0.2, 0.25) is 0 Å². The predicted octanol–water partition coefficient (Wildman–Crippen LogP) is 4.65. The minimum absolute atomic E-state index is 0.320. The van der Waals surface area contributed by atoms with E-state index in [1.54, 1.807) is 48.7 Å². The molecule has 0 aliphatic heterocycles. The fraction of sp³-hybridized carbons (Fsp3) is 0. The lowest BCUT2D eigenvalue weighted by Gasteiger charge is -2.00. The first-order chi connectivity index (χ1) is 13.2. The molecule has 4 aromatic rings. The number of fused-ring (bicyclic) bond motifs is 1. The lowest BCUT2D eigenvalue weighted by atomic mass is 10.2. The summed E-state index contributed by atoms with van der Waals surface area (Å²) in [7, 11) is 0. The molecule has 0 aliphatic carbocycles. The van der Waals surface area contributed by atoms with E-state index in [-0.39, 0.29) is 5.82 Å². The number of hydrogen-bond donors (Lipinski definition) is 0. The van der Waals surface area contributed by atoms with Crippen molar-refractivity contribution in [2.24, 2.45) is 0 Å². The minimum atomic E-state index is -0.580. The molecule has 0 aliphatic rings. The fourth-order valence-corrected chi connectivity index (χ4v) is 2.49. The van der Waals surface area contributed by atoms with Gasteiger partial charge in [0.05, 0.1) is 0 Å². The third-order valence-electron chi connectivity index (χ3n) is 3.72. The summed E-state index contributed by atoms with van der Waals surface area (Å²) in [6.07, 6.45) is 4.37. The largest absolute Gasteiger partial charge is 0.435 e. The molecule has 0 amide bonds. The van der Waals surface area contributed by atoms with Gasteiger partial charge < -0.3 is 9.15 Å². The molecule has 0 bridgehead atoms. The molecule has 6 heteroatoms. The van der Waals surface area contributed by atoms with Crippen LogP contribution in [0.4, 0.5) is 4.39 Å². The van der Waals surface area contributed by atoms with Crippen molar-refractivity contribution in [1.82, 2.24) is 9.97 Å². The Kier molecular flexibility index (Phi) is 4.45. The Hall–Kier alpha value is -3.80. The molecule has 0 radical (unpaired) electrons. The van der Waals surface area contributed by atoms with Gasteiger partial charge in [-0.05, 0) is 48.0 Å². The number of ether oxygens (including phenoxy) is 1. The first-order valence-electron chi connectivity index (χ1n) is 8.15. The first kappa shape index (κ1) is 16.7. The molecule has 2 aromatic carbocycles. The summed E-state index contributed by atoms with van der Waals surface area (Å²) in [5.74, 6) is -0.242. The number of esters is 1. The number of pyridine rings is 1. The Labute approximate surface area is 153 Å². The normalized spacial score (nSPS) is 11.1. The highest BCUT2D eigenvalue weighted by Gasteiger charge is 2.11. The maximum absolute atomic E-state index is 13.1. The molecule has 4 rings (SSSR count). The van der Waals surface area contributed by atoms with E-state index < -0.39 is 5.97 Å². The van der Waals surface area contributed by atoms with Crippen molar-refractivity contribution in [2.75, 3.05) is 0 Å². The van der Waals surface area contributed by atoms with E-state index in [4.69, 9.17) is 9.15 Å². The molecule has 2 heterocycles. The van der Waals surface area contributed by atoms with Gasteiger partial charge in [-0.25, -0.2) is 14.2 Å². The van der Waals surface area contributed by atoms with E-state index in [0.29, 0.717) is 34.0 Å². The van der Waals surface area contributed by atoms with Crippen molar-refractivity contribution >= 4 is 23.1 Å². The van der Waals surface area contributed by atoms with Gasteiger partial charge in [-0.3, -0.25) is 4.98 Å². The average molecular weight is 360 g/mol. The highest BCUT2D eigenvalue weighted by atomic mass is 19.1. The lowest BCUT2D eigenvalue weighted by molar-refractivity contribution is -0.128. The number of carbonyl (C=O) groups is 1. The van der Waals surface area contributed by atoms with Gasteiger partial charge in [-0.15, -0.1) is 0 Å². The number of benzene rings is 2. The predicted molar refractivity (Wildman–Crippen MR) is 98.3 cm³/mol. The van der Waals surface area contributed by atoms with Crippen molar-refractivity contribution in [3.63, 3.8) is 0 Å². The van der Waals surface area contributed by atoms with Crippen LogP contribution < -0.4 is 4.74 Å².